The van der Waals surface area contributed by atoms with Crippen molar-refractivity contribution in [3.05, 3.63) is 41.6 Å². The largest absolute Gasteiger partial charge is 0.481 e. The highest BCUT2D eigenvalue weighted by Gasteiger charge is 2.10. The molecule has 0 radical (unpaired) electrons. The highest BCUT2D eigenvalue weighted by Crippen LogP contribution is 2.11. The van der Waals surface area contributed by atoms with Gasteiger partial charge < -0.3 is 20.5 Å². The van der Waals surface area contributed by atoms with E-state index in [1.165, 1.54) is 30.5 Å². The third-order valence-electron chi connectivity index (χ3n) is 2.98. The standard InChI is InChI=1S/C17H19N3O5/c1-2-25-17(24)12-5-7-14(8-6-12)20-16(23)13(10-18)11-19-9-3-4-15(21)22/h5-8,11,19H,2-4,9H2,1H3,(H,20,23)(H,21,22)/b13-11-. The lowest BCUT2D eigenvalue weighted by Crippen LogP contribution is -2.17. The monoisotopic (exact) mass is 345 g/mol. The lowest BCUT2D eigenvalue weighted by atomic mass is 10.2. The second kappa shape index (κ2) is 10.4. The van der Waals surface area contributed by atoms with Crippen molar-refractivity contribution in [3.63, 3.8) is 0 Å². The summed E-state index contributed by atoms with van der Waals surface area (Å²) in [5, 5.41) is 22.8. The number of rotatable bonds is 9. The molecule has 3 N–H and O–H groups in total. The molecule has 0 saturated heterocycles. The molecule has 0 aliphatic carbocycles. The van der Waals surface area contributed by atoms with Crippen LogP contribution in [0.15, 0.2) is 36.0 Å². The van der Waals surface area contributed by atoms with Crippen molar-refractivity contribution in [3.8, 4) is 6.07 Å². The average Bonchev–Trinajstić information content (AvgIpc) is 2.58. The van der Waals surface area contributed by atoms with Crippen molar-refractivity contribution in [2.45, 2.75) is 19.8 Å². The first-order valence-corrected chi connectivity index (χ1v) is 7.62. The Balaban J connectivity index is 2.59. The van der Waals surface area contributed by atoms with Gasteiger partial charge in [0, 0.05) is 24.9 Å². The van der Waals surface area contributed by atoms with Crippen LogP contribution < -0.4 is 10.6 Å². The molecular weight excluding hydrogens is 326 g/mol. The molecule has 1 amide bonds. The minimum Gasteiger partial charge on any atom is -0.481 e. The number of carbonyl (C=O) groups is 3. The van der Waals surface area contributed by atoms with Crippen LogP contribution in [0.4, 0.5) is 5.69 Å². The number of carboxylic acid groups (broad SMARTS) is 1. The normalized spacial score (nSPS) is 10.5. The number of carboxylic acids is 1. The first kappa shape index (κ1) is 19.7. The van der Waals surface area contributed by atoms with Crippen molar-refractivity contribution in [1.82, 2.24) is 5.32 Å². The summed E-state index contributed by atoms with van der Waals surface area (Å²) in [5.74, 6) is -1.98. The van der Waals surface area contributed by atoms with Gasteiger partial charge in [0.2, 0.25) is 0 Å². The summed E-state index contributed by atoms with van der Waals surface area (Å²) < 4.78 is 4.86. The Kier molecular flexibility index (Phi) is 8.23. The minimum atomic E-state index is -0.907. The zero-order chi connectivity index (χ0) is 18.7. The maximum Gasteiger partial charge on any atom is 0.338 e. The van der Waals surface area contributed by atoms with Gasteiger partial charge in [0.05, 0.1) is 12.2 Å². The van der Waals surface area contributed by atoms with Crippen molar-refractivity contribution in [2.24, 2.45) is 0 Å². The number of hydrogen-bond donors (Lipinski definition) is 3. The molecule has 0 atom stereocenters. The van der Waals surface area contributed by atoms with Crippen LogP contribution in [0.1, 0.15) is 30.1 Å². The molecule has 25 heavy (non-hydrogen) atoms. The zero-order valence-electron chi connectivity index (χ0n) is 13.7. The Hall–Kier alpha value is -3.34. The number of esters is 1. The van der Waals surface area contributed by atoms with Crippen molar-refractivity contribution in [1.29, 1.82) is 5.26 Å². The summed E-state index contributed by atoms with van der Waals surface area (Å²) in [5.41, 5.74) is 0.630. The molecular formula is C17H19N3O5. The smallest absolute Gasteiger partial charge is 0.338 e. The van der Waals surface area contributed by atoms with Crippen LogP contribution in [0.3, 0.4) is 0 Å². The predicted octanol–water partition coefficient (Wildman–Crippen LogP) is 1.66. The van der Waals surface area contributed by atoms with Crippen LogP contribution in [0.2, 0.25) is 0 Å². The number of nitriles is 1. The fourth-order valence-electron chi connectivity index (χ4n) is 1.77. The van der Waals surface area contributed by atoms with Gasteiger partial charge in [-0.2, -0.15) is 5.26 Å². The van der Waals surface area contributed by atoms with Crippen LogP contribution in [-0.2, 0) is 14.3 Å². The lowest BCUT2D eigenvalue weighted by Gasteiger charge is -2.06. The molecule has 8 heteroatoms. The molecule has 8 nitrogen and oxygen atoms in total. The van der Waals surface area contributed by atoms with E-state index in [-0.39, 0.29) is 18.6 Å². The summed E-state index contributed by atoms with van der Waals surface area (Å²) in [6.45, 7) is 2.31. The summed E-state index contributed by atoms with van der Waals surface area (Å²) >= 11 is 0. The highest BCUT2D eigenvalue weighted by molar-refractivity contribution is 6.06. The highest BCUT2D eigenvalue weighted by atomic mass is 16.5. The maximum absolute atomic E-state index is 12.0. The van der Waals surface area contributed by atoms with E-state index < -0.39 is 17.8 Å². The van der Waals surface area contributed by atoms with Gasteiger partial charge in [0.15, 0.2) is 0 Å². The van der Waals surface area contributed by atoms with Crippen LogP contribution >= 0.6 is 0 Å². The SMILES string of the molecule is CCOC(=O)c1ccc(NC(=O)/C(C#N)=C\NCCCC(=O)O)cc1. The van der Waals surface area contributed by atoms with Crippen LogP contribution in [-0.4, -0.2) is 36.1 Å². The Morgan fingerprint density at radius 2 is 1.96 bits per heavy atom. The molecule has 0 aliphatic rings. The van der Waals surface area contributed by atoms with Crippen LogP contribution in [0.5, 0.6) is 0 Å². The molecule has 0 saturated carbocycles. The second-order valence-corrected chi connectivity index (χ2v) is 4.87. The van der Waals surface area contributed by atoms with Gasteiger partial charge >= 0.3 is 11.9 Å². The van der Waals surface area contributed by atoms with E-state index in [9.17, 15) is 14.4 Å². The van der Waals surface area contributed by atoms with Crippen LogP contribution in [0, 0.1) is 11.3 Å². The Morgan fingerprint density at radius 1 is 1.28 bits per heavy atom. The molecule has 0 unspecified atom stereocenters. The molecule has 132 valence electrons. The summed E-state index contributed by atoms with van der Waals surface area (Å²) in [6, 6.07) is 7.83. The number of ether oxygens (including phenoxy) is 1. The van der Waals surface area contributed by atoms with E-state index in [0.717, 1.165) is 0 Å². The summed E-state index contributed by atoms with van der Waals surface area (Å²) in [4.78, 5) is 33.9. The zero-order valence-corrected chi connectivity index (χ0v) is 13.7. The lowest BCUT2D eigenvalue weighted by molar-refractivity contribution is -0.137. The first-order valence-electron chi connectivity index (χ1n) is 7.62. The molecule has 0 spiro atoms. The molecule has 0 aliphatic heterocycles. The molecule has 1 rings (SSSR count). The minimum absolute atomic E-state index is 0.00172. The maximum atomic E-state index is 12.0. The number of benzene rings is 1. The van der Waals surface area contributed by atoms with Gasteiger partial charge in [-0.3, -0.25) is 9.59 Å². The fraction of sp³-hybridized carbons (Fsp3) is 0.294. The molecule has 0 fully saturated rings. The molecule has 0 bridgehead atoms. The van der Waals surface area contributed by atoms with E-state index in [4.69, 9.17) is 15.1 Å². The van der Waals surface area contributed by atoms with E-state index in [2.05, 4.69) is 10.6 Å². The number of nitrogens with one attached hydrogen (secondary N) is 2. The Labute approximate surface area is 145 Å². The molecule has 1 aromatic rings. The number of carbonyl (C=O) groups excluding carboxylic acids is 2. The number of anilines is 1. The summed E-state index contributed by atoms with van der Waals surface area (Å²) in [7, 11) is 0. The quantitative estimate of drug-likeness (QED) is 0.269. The van der Waals surface area contributed by atoms with E-state index in [1.54, 1.807) is 13.0 Å². The first-order chi connectivity index (χ1) is 12.0. The van der Waals surface area contributed by atoms with Gasteiger partial charge in [-0.05, 0) is 37.6 Å². The van der Waals surface area contributed by atoms with E-state index in [0.29, 0.717) is 24.2 Å². The number of hydrogen-bond acceptors (Lipinski definition) is 6. The predicted molar refractivity (Wildman–Crippen MR) is 89.6 cm³/mol. The number of aliphatic carboxylic acids is 1. The van der Waals surface area contributed by atoms with Gasteiger partial charge in [0.25, 0.3) is 5.91 Å². The van der Waals surface area contributed by atoms with Crippen molar-refractivity contribution < 1.29 is 24.2 Å². The fourth-order valence-corrected chi connectivity index (χ4v) is 1.77. The third kappa shape index (κ3) is 7.18. The third-order valence-corrected chi connectivity index (χ3v) is 2.98. The second-order valence-electron chi connectivity index (χ2n) is 4.87. The van der Waals surface area contributed by atoms with Crippen molar-refractivity contribution in [2.75, 3.05) is 18.5 Å². The van der Waals surface area contributed by atoms with Gasteiger partial charge in [-0.1, -0.05) is 0 Å². The summed E-state index contributed by atoms with van der Waals surface area (Å²) in [6.07, 6.45) is 1.62. The number of nitrogens with zero attached hydrogens (tertiary/aromatic N) is 1. The molecule has 0 aromatic heterocycles. The van der Waals surface area contributed by atoms with E-state index in [1.807, 2.05) is 0 Å². The molecule has 1 aromatic carbocycles. The molecule has 0 heterocycles. The van der Waals surface area contributed by atoms with Gasteiger partial charge in [-0.15, -0.1) is 0 Å². The van der Waals surface area contributed by atoms with Gasteiger partial charge in [0.1, 0.15) is 11.6 Å². The Morgan fingerprint density at radius 3 is 2.52 bits per heavy atom. The Bertz CT molecular complexity index is 689. The van der Waals surface area contributed by atoms with Crippen LogP contribution in [0.25, 0.3) is 0 Å². The topological polar surface area (TPSA) is 129 Å². The van der Waals surface area contributed by atoms with E-state index >= 15 is 0 Å². The average molecular weight is 345 g/mol. The van der Waals surface area contributed by atoms with Crippen molar-refractivity contribution >= 4 is 23.5 Å². The van der Waals surface area contributed by atoms with Gasteiger partial charge in [-0.25, -0.2) is 4.79 Å². The number of amides is 1.